The number of fused-ring (bicyclic) bond motifs is 1. The van der Waals surface area contributed by atoms with Crippen LogP contribution in [0.15, 0.2) is 29.6 Å². The molecule has 0 amide bonds. The third-order valence-electron chi connectivity index (χ3n) is 2.82. The Kier molecular flexibility index (Phi) is 1.68. The lowest BCUT2D eigenvalue weighted by molar-refractivity contribution is -0.0131. The molecule has 3 rings (SSSR count). The average Bonchev–Trinajstić information content (AvgIpc) is 2.61. The number of rotatable bonds is 1. The van der Waals surface area contributed by atoms with Gasteiger partial charge in [-0.2, -0.15) is 0 Å². The van der Waals surface area contributed by atoms with E-state index >= 15 is 0 Å². The van der Waals surface area contributed by atoms with E-state index in [1.165, 1.54) is 10.1 Å². The van der Waals surface area contributed by atoms with Crippen molar-refractivity contribution in [3.05, 3.63) is 35.2 Å². The number of hydrogen-bond donors (Lipinski definition) is 2. The summed E-state index contributed by atoms with van der Waals surface area (Å²) in [7, 11) is 0. The van der Waals surface area contributed by atoms with Gasteiger partial charge in [-0.15, -0.1) is 11.3 Å². The summed E-state index contributed by atoms with van der Waals surface area (Å²) in [6, 6.07) is 8.23. The van der Waals surface area contributed by atoms with Crippen LogP contribution in [0, 0.1) is 0 Å². The molecule has 0 unspecified atom stereocenters. The van der Waals surface area contributed by atoms with Gasteiger partial charge in [0.15, 0.2) is 0 Å². The third kappa shape index (κ3) is 1.03. The maximum absolute atomic E-state index is 10.2. The Morgan fingerprint density at radius 1 is 1.29 bits per heavy atom. The standard InChI is InChI=1S/C11H11NOS/c13-11(6-12-7-11)9-3-1-2-8-4-5-14-10(8)9/h1-5,12-13H,6-7H2. The summed E-state index contributed by atoms with van der Waals surface area (Å²) >= 11 is 1.70. The van der Waals surface area contributed by atoms with E-state index in [9.17, 15) is 5.11 Å². The van der Waals surface area contributed by atoms with E-state index < -0.39 is 5.60 Å². The van der Waals surface area contributed by atoms with Crippen LogP contribution in [0.1, 0.15) is 5.56 Å². The van der Waals surface area contributed by atoms with Crippen molar-refractivity contribution < 1.29 is 5.11 Å². The smallest absolute Gasteiger partial charge is 0.116 e. The van der Waals surface area contributed by atoms with Crippen molar-refractivity contribution in [1.29, 1.82) is 0 Å². The fourth-order valence-electron chi connectivity index (χ4n) is 1.91. The second-order valence-corrected chi connectivity index (χ2v) is 4.70. The van der Waals surface area contributed by atoms with Gasteiger partial charge in [0.05, 0.1) is 0 Å². The lowest BCUT2D eigenvalue weighted by Gasteiger charge is -2.38. The molecule has 0 aliphatic carbocycles. The van der Waals surface area contributed by atoms with Gasteiger partial charge in [0.25, 0.3) is 0 Å². The van der Waals surface area contributed by atoms with Crippen molar-refractivity contribution >= 4 is 21.4 Å². The molecule has 1 aromatic carbocycles. The van der Waals surface area contributed by atoms with E-state index in [-0.39, 0.29) is 0 Å². The minimum Gasteiger partial charge on any atom is -0.382 e. The predicted molar refractivity (Wildman–Crippen MR) is 58.6 cm³/mol. The monoisotopic (exact) mass is 205 g/mol. The molecule has 2 heterocycles. The van der Waals surface area contributed by atoms with Gasteiger partial charge < -0.3 is 10.4 Å². The molecule has 1 saturated heterocycles. The average molecular weight is 205 g/mol. The van der Waals surface area contributed by atoms with E-state index in [0.29, 0.717) is 13.1 Å². The first-order chi connectivity index (χ1) is 6.80. The zero-order valence-electron chi connectivity index (χ0n) is 7.66. The number of thiophene rings is 1. The molecule has 0 radical (unpaired) electrons. The Labute approximate surface area is 86.2 Å². The molecule has 0 bridgehead atoms. The van der Waals surface area contributed by atoms with Crippen LogP contribution in [0.5, 0.6) is 0 Å². The molecule has 2 N–H and O–H groups in total. The maximum Gasteiger partial charge on any atom is 0.116 e. The minimum absolute atomic E-state index is 0.635. The van der Waals surface area contributed by atoms with Crippen LogP contribution in [0.2, 0.25) is 0 Å². The highest BCUT2D eigenvalue weighted by atomic mass is 32.1. The molecule has 2 nitrogen and oxygen atoms in total. The highest BCUT2D eigenvalue weighted by Gasteiger charge is 2.37. The van der Waals surface area contributed by atoms with Crippen molar-refractivity contribution in [3.8, 4) is 0 Å². The first-order valence-electron chi connectivity index (χ1n) is 4.69. The fourth-order valence-corrected chi connectivity index (χ4v) is 2.92. The maximum atomic E-state index is 10.2. The van der Waals surface area contributed by atoms with Crippen LogP contribution < -0.4 is 5.32 Å². The van der Waals surface area contributed by atoms with Crippen LogP contribution in [0.25, 0.3) is 10.1 Å². The third-order valence-corrected chi connectivity index (χ3v) is 3.78. The van der Waals surface area contributed by atoms with Crippen LogP contribution in [-0.4, -0.2) is 18.2 Å². The van der Waals surface area contributed by atoms with Crippen molar-refractivity contribution in [3.63, 3.8) is 0 Å². The van der Waals surface area contributed by atoms with Gasteiger partial charge >= 0.3 is 0 Å². The summed E-state index contributed by atoms with van der Waals surface area (Å²) in [6.07, 6.45) is 0. The molecular weight excluding hydrogens is 194 g/mol. The van der Waals surface area contributed by atoms with E-state index in [1.807, 2.05) is 12.1 Å². The molecule has 2 aromatic rings. The number of aliphatic hydroxyl groups is 1. The summed E-state index contributed by atoms with van der Waals surface area (Å²) in [6.45, 7) is 1.34. The number of hydrogen-bond acceptors (Lipinski definition) is 3. The molecule has 72 valence electrons. The largest absolute Gasteiger partial charge is 0.382 e. The van der Waals surface area contributed by atoms with E-state index in [4.69, 9.17) is 0 Å². The molecule has 0 spiro atoms. The topological polar surface area (TPSA) is 32.3 Å². The summed E-state index contributed by atoms with van der Waals surface area (Å²) in [5.74, 6) is 0. The minimum atomic E-state index is -0.635. The zero-order chi connectivity index (χ0) is 9.60. The highest BCUT2D eigenvalue weighted by Crippen LogP contribution is 2.34. The van der Waals surface area contributed by atoms with E-state index in [0.717, 1.165) is 5.56 Å². The molecule has 1 aliphatic heterocycles. The predicted octanol–water partition coefficient (Wildman–Crippen LogP) is 1.69. The number of β-amino-alcohol motifs (C(OH)–C–C–N with tert-alkyl or cyclic N) is 1. The lowest BCUT2D eigenvalue weighted by atomic mass is 9.88. The highest BCUT2D eigenvalue weighted by molar-refractivity contribution is 7.17. The molecule has 1 fully saturated rings. The molecule has 1 aliphatic rings. The van der Waals surface area contributed by atoms with Crippen molar-refractivity contribution in [1.82, 2.24) is 5.32 Å². The van der Waals surface area contributed by atoms with Gasteiger partial charge in [0.2, 0.25) is 0 Å². The SMILES string of the molecule is OC1(c2cccc3ccsc23)CNC1. The Balaban J connectivity index is 2.24. The quantitative estimate of drug-likeness (QED) is 0.742. The molecule has 3 heteroatoms. The first kappa shape index (κ1) is 8.41. The fraction of sp³-hybridized carbons (Fsp3) is 0.273. The van der Waals surface area contributed by atoms with E-state index in [2.05, 4.69) is 22.8 Å². The van der Waals surface area contributed by atoms with Crippen LogP contribution in [-0.2, 0) is 5.60 Å². The normalized spacial score (nSPS) is 19.5. The molecule has 14 heavy (non-hydrogen) atoms. The van der Waals surface area contributed by atoms with Gasteiger partial charge in [-0.1, -0.05) is 18.2 Å². The Morgan fingerprint density at radius 3 is 2.86 bits per heavy atom. The van der Waals surface area contributed by atoms with Crippen LogP contribution in [0.3, 0.4) is 0 Å². The summed E-state index contributed by atoms with van der Waals surface area (Å²) in [5.41, 5.74) is 0.438. The second-order valence-electron chi connectivity index (χ2n) is 3.78. The van der Waals surface area contributed by atoms with Gasteiger partial charge in [-0.25, -0.2) is 0 Å². The second kappa shape index (κ2) is 2.79. The first-order valence-corrected chi connectivity index (χ1v) is 5.57. The van der Waals surface area contributed by atoms with Crippen molar-refractivity contribution in [2.75, 3.05) is 13.1 Å². The molecule has 0 saturated carbocycles. The van der Waals surface area contributed by atoms with Gasteiger partial charge in [-0.05, 0) is 16.8 Å². The van der Waals surface area contributed by atoms with Crippen LogP contribution >= 0.6 is 11.3 Å². The number of nitrogens with one attached hydrogen (secondary N) is 1. The van der Waals surface area contributed by atoms with Gasteiger partial charge in [0, 0.05) is 23.4 Å². The lowest BCUT2D eigenvalue weighted by Crippen LogP contribution is -2.56. The molecule has 0 atom stereocenters. The summed E-state index contributed by atoms with van der Waals surface area (Å²) in [4.78, 5) is 0. The van der Waals surface area contributed by atoms with Gasteiger partial charge in [0.1, 0.15) is 5.60 Å². The summed E-state index contributed by atoms with van der Waals surface area (Å²) in [5, 5.41) is 16.7. The van der Waals surface area contributed by atoms with Gasteiger partial charge in [-0.3, -0.25) is 0 Å². The van der Waals surface area contributed by atoms with Crippen molar-refractivity contribution in [2.45, 2.75) is 5.60 Å². The molecule has 1 aromatic heterocycles. The Bertz CT molecular complexity index is 473. The van der Waals surface area contributed by atoms with Crippen molar-refractivity contribution in [2.24, 2.45) is 0 Å². The van der Waals surface area contributed by atoms with Crippen LogP contribution in [0.4, 0.5) is 0 Å². The Hall–Kier alpha value is -0.900. The number of benzene rings is 1. The zero-order valence-corrected chi connectivity index (χ0v) is 8.47. The summed E-state index contributed by atoms with van der Waals surface area (Å²) < 4.78 is 1.22. The van der Waals surface area contributed by atoms with E-state index in [1.54, 1.807) is 11.3 Å². The molecular formula is C11H11NOS. The Morgan fingerprint density at radius 2 is 2.14 bits per heavy atom.